The number of piperidine rings is 2. The van der Waals surface area contributed by atoms with Crippen LogP contribution in [0.25, 0.3) is 0 Å². The highest BCUT2D eigenvalue weighted by molar-refractivity contribution is 7.89. The largest absolute Gasteiger partial charge is 0.444 e. The molecular weight excluding hydrogens is 378 g/mol. The molecule has 2 aliphatic rings. The van der Waals surface area contributed by atoms with Crippen molar-refractivity contribution in [1.29, 1.82) is 0 Å². The lowest BCUT2D eigenvalue weighted by Crippen LogP contribution is -2.50. The van der Waals surface area contributed by atoms with Crippen molar-refractivity contribution in [2.24, 2.45) is 5.41 Å². The van der Waals surface area contributed by atoms with Crippen LogP contribution in [0.5, 0.6) is 0 Å². The highest BCUT2D eigenvalue weighted by Crippen LogP contribution is 2.42. The summed E-state index contributed by atoms with van der Waals surface area (Å²) in [6, 6.07) is 6.36. The van der Waals surface area contributed by atoms with Crippen LogP contribution in [0.4, 0.5) is 10.5 Å². The van der Waals surface area contributed by atoms with Crippen molar-refractivity contribution in [3.05, 3.63) is 24.3 Å². The van der Waals surface area contributed by atoms with Crippen molar-refractivity contribution in [2.75, 3.05) is 31.9 Å². The number of nitrogens with two attached hydrogens (primary N) is 1. The molecule has 0 aliphatic carbocycles. The van der Waals surface area contributed by atoms with Crippen LogP contribution in [0.15, 0.2) is 29.2 Å². The first-order chi connectivity index (χ1) is 13.0. The lowest BCUT2D eigenvalue weighted by Gasteiger charge is -2.46. The summed E-state index contributed by atoms with van der Waals surface area (Å²) in [4.78, 5) is 14.3. The number of anilines is 1. The minimum absolute atomic E-state index is 0.117. The van der Waals surface area contributed by atoms with Crippen LogP contribution in [-0.2, 0) is 14.8 Å². The van der Waals surface area contributed by atoms with Gasteiger partial charge in [-0.1, -0.05) is 0 Å². The highest BCUT2D eigenvalue weighted by Gasteiger charge is 2.41. The third-order valence-corrected chi connectivity index (χ3v) is 7.69. The van der Waals surface area contributed by atoms with Gasteiger partial charge in [-0.3, -0.25) is 0 Å². The number of ether oxygens (including phenoxy) is 1. The predicted octanol–water partition coefficient (Wildman–Crippen LogP) is 3.07. The van der Waals surface area contributed by atoms with E-state index in [1.807, 2.05) is 20.8 Å². The molecule has 1 spiro atoms. The van der Waals surface area contributed by atoms with Crippen molar-refractivity contribution in [3.63, 3.8) is 0 Å². The van der Waals surface area contributed by atoms with E-state index in [4.69, 9.17) is 10.5 Å². The molecule has 2 fully saturated rings. The second kappa shape index (κ2) is 7.55. The van der Waals surface area contributed by atoms with Gasteiger partial charge in [0.25, 0.3) is 0 Å². The summed E-state index contributed by atoms with van der Waals surface area (Å²) in [5, 5.41) is 0. The van der Waals surface area contributed by atoms with Crippen LogP contribution in [0.2, 0.25) is 0 Å². The number of likely N-dealkylation sites (tertiary alicyclic amines) is 1. The molecule has 0 aromatic heterocycles. The minimum atomic E-state index is -3.49. The van der Waals surface area contributed by atoms with Crippen LogP contribution >= 0.6 is 0 Å². The SMILES string of the molecule is CC(C)(C)OC(=O)N1CCC2(CC1)CCN(S(=O)(=O)c1ccc(N)cc1)CC2. The first kappa shape index (κ1) is 20.9. The average molecular weight is 410 g/mol. The van der Waals surface area contributed by atoms with Gasteiger partial charge >= 0.3 is 6.09 Å². The maximum absolute atomic E-state index is 12.9. The smallest absolute Gasteiger partial charge is 0.410 e. The predicted molar refractivity (Wildman–Crippen MR) is 108 cm³/mol. The maximum atomic E-state index is 12.9. The standard InChI is InChI=1S/C20H31N3O4S/c1-19(2,3)27-18(24)22-12-8-20(9-13-22)10-14-23(15-11-20)28(25,26)17-6-4-16(21)5-7-17/h4-7H,8-15,21H2,1-3H3. The molecule has 2 saturated heterocycles. The molecule has 1 amide bonds. The van der Waals surface area contributed by atoms with Gasteiger partial charge in [0.15, 0.2) is 0 Å². The number of carbonyl (C=O) groups excluding carboxylic acids is 1. The molecule has 8 heteroatoms. The summed E-state index contributed by atoms with van der Waals surface area (Å²) in [5.74, 6) is 0. The van der Waals surface area contributed by atoms with E-state index in [0.717, 1.165) is 25.7 Å². The molecule has 2 aliphatic heterocycles. The van der Waals surface area contributed by atoms with Gasteiger partial charge in [-0.2, -0.15) is 4.31 Å². The number of carbonyl (C=O) groups is 1. The Hall–Kier alpha value is -1.80. The van der Waals surface area contributed by atoms with Crippen LogP contribution < -0.4 is 5.73 Å². The maximum Gasteiger partial charge on any atom is 0.410 e. The highest BCUT2D eigenvalue weighted by atomic mass is 32.2. The van der Waals surface area contributed by atoms with Crippen LogP contribution in [0, 0.1) is 5.41 Å². The van der Waals surface area contributed by atoms with E-state index in [1.54, 1.807) is 33.5 Å². The van der Waals surface area contributed by atoms with E-state index in [9.17, 15) is 13.2 Å². The molecule has 2 heterocycles. The Kier molecular flexibility index (Phi) is 5.64. The van der Waals surface area contributed by atoms with Gasteiger partial charge in [-0.15, -0.1) is 0 Å². The topological polar surface area (TPSA) is 92.9 Å². The molecule has 2 N–H and O–H groups in total. The molecule has 1 aromatic carbocycles. The average Bonchev–Trinajstić information content (AvgIpc) is 2.61. The molecule has 0 saturated carbocycles. The summed E-state index contributed by atoms with van der Waals surface area (Å²) in [7, 11) is -3.49. The normalized spacial score (nSPS) is 20.9. The molecular formula is C20H31N3O4S. The third-order valence-electron chi connectivity index (χ3n) is 5.78. The van der Waals surface area contributed by atoms with Gasteiger partial charge in [-0.25, -0.2) is 13.2 Å². The molecule has 3 rings (SSSR count). The Bertz CT molecular complexity index is 797. The summed E-state index contributed by atoms with van der Waals surface area (Å²) in [6.07, 6.45) is 3.17. The van der Waals surface area contributed by atoms with Gasteiger partial charge in [0.05, 0.1) is 4.90 Å². The quantitative estimate of drug-likeness (QED) is 0.758. The van der Waals surface area contributed by atoms with Gasteiger partial charge in [0.1, 0.15) is 5.60 Å². The van der Waals surface area contributed by atoms with Crippen LogP contribution in [0.1, 0.15) is 46.5 Å². The van der Waals surface area contributed by atoms with Crippen molar-refractivity contribution < 1.29 is 17.9 Å². The number of amides is 1. The summed E-state index contributed by atoms with van der Waals surface area (Å²) < 4.78 is 32.8. The Balaban J connectivity index is 1.57. The van der Waals surface area contributed by atoms with Gasteiger partial charge in [-0.05, 0) is 76.1 Å². The summed E-state index contributed by atoms with van der Waals surface area (Å²) in [6.45, 7) is 7.96. The Morgan fingerprint density at radius 1 is 1.00 bits per heavy atom. The number of hydrogen-bond acceptors (Lipinski definition) is 5. The molecule has 0 atom stereocenters. The summed E-state index contributed by atoms with van der Waals surface area (Å²) >= 11 is 0. The number of nitrogen functional groups attached to an aromatic ring is 1. The van der Waals surface area contributed by atoms with E-state index in [0.29, 0.717) is 31.9 Å². The third kappa shape index (κ3) is 4.60. The lowest BCUT2D eigenvalue weighted by molar-refractivity contribution is 0.00261. The first-order valence-corrected chi connectivity index (χ1v) is 11.3. The number of sulfonamides is 1. The monoisotopic (exact) mass is 409 g/mol. The van der Waals surface area contributed by atoms with Gasteiger partial charge in [0, 0.05) is 31.9 Å². The van der Waals surface area contributed by atoms with E-state index in [2.05, 4.69) is 0 Å². The van der Waals surface area contributed by atoms with E-state index in [-0.39, 0.29) is 16.4 Å². The minimum Gasteiger partial charge on any atom is -0.444 e. The van der Waals surface area contributed by atoms with E-state index < -0.39 is 15.6 Å². The zero-order valence-corrected chi connectivity index (χ0v) is 17.8. The van der Waals surface area contributed by atoms with Crippen LogP contribution in [0.3, 0.4) is 0 Å². The lowest BCUT2D eigenvalue weighted by atomic mass is 9.72. The van der Waals surface area contributed by atoms with Crippen LogP contribution in [-0.4, -0.2) is 55.5 Å². The van der Waals surface area contributed by atoms with Gasteiger partial charge in [0.2, 0.25) is 10.0 Å². The molecule has 1 aromatic rings. The molecule has 28 heavy (non-hydrogen) atoms. The first-order valence-electron chi connectivity index (χ1n) is 9.85. The van der Waals surface area contributed by atoms with Crippen molar-refractivity contribution in [3.8, 4) is 0 Å². The van der Waals surface area contributed by atoms with Crippen molar-refractivity contribution in [1.82, 2.24) is 9.21 Å². The second-order valence-electron chi connectivity index (χ2n) is 8.94. The molecule has 7 nitrogen and oxygen atoms in total. The molecule has 0 radical (unpaired) electrons. The molecule has 0 unspecified atom stereocenters. The number of nitrogens with zero attached hydrogens (tertiary/aromatic N) is 2. The number of benzene rings is 1. The second-order valence-corrected chi connectivity index (χ2v) is 10.9. The number of rotatable bonds is 2. The van der Waals surface area contributed by atoms with E-state index in [1.165, 1.54) is 0 Å². The van der Waals surface area contributed by atoms with Gasteiger partial charge < -0.3 is 15.4 Å². The Labute approximate surface area is 167 Å². The number of hydrogen-bond donors (Lipinski definition) is 1. The fraction of sp³-hybridized carbons (Fsp3) is 0.650. The zero-order chi connectivity index (χ0) is 20.6. The summed E-state index contributed by atoms with van der Waals surface area (Å²) in [5.41, 5.74) is 5.84. The molecule has 156 valence electrons. The van der Waals surface area contributed by atoms with E-state index >= 15 is 0 Å². The zero-order valence-electron chi connectivity index (χ0n) is 17.0. The fourth-order valence-electron chi connectivity index (χ4n) is 3.98. The Morgan fingerprint density at radius 2 is 1.50 bits per heavy atom. The molecule has 0 bridgehead atoms. The fourth-order valence-corrected chi connectivity index (χ4v) is 5.42. The van der Waals surface area contributed by atoms with Crippen molar-refractivity contribution in [2.45, 2.75) is 57.0 Å². The Morgan fingerprint density at radius 3 is 2.00 bits per heavy atom. The van der Waals surface area contributed by atoms with Crippen molar-refractivity contribution >= 4 is 21.8 Å².